The van der Waals surface area contributed by atoms with Crippen molar-refractivity contribution in [2.24, 2.45) is 0 Å². The lowest BCUT2D eigenvalue weighted by molar-refractivity contribution is 0.605. The molecule has 0 aliphatic carbocycles. The normalized spacial score (nSPS) is 13.4. The second kappa shape index (κ2) is 5.55. The summed E-state index contributed by atoms with van der Waals surface area (Å²) in [5.41, 5.74) is 1.11. The molecular formula is C12H16FN. The first-order chi connectivity index (χ1) is 6.74. The van der Waals surface area contributed by atoms with Crippen molar-refractivity contribution >= 4 is 0 Å². The van der Waals surface area contributed by atoms with Crippen LogP contribution >= 0.6 is 0 Å². The van der Waals surface area contributed by atoms with Crippen LogP contribution in [0.3, 0.4) is 0 Å². The topological polar surface area (TPSA) is 12.0 Å². The van der Waals surface area contributed by atoms with Crippen LogP contribution in [-0.2, 0) is 0 Å². The van der Waals surface area contributed by atoms with E-state index in [-0.39, 0.29) is 11.9 Å². The molecule has 0 bridgehead atoms. The van der Waals surface area contributed by atoms with Crippen LogP contribution in [0, 0.1) is 5.82 Å². The summed E-state index contributed by atoms with van der Waals surface area (Å²) in [7, 11) is 0. The number of allylic oxidation sites excluding steroid dienone is 1. The number of nitrogens with one attached hydrogen (secondary N) is 1. The molecule has 0 aliphatic heterocycles. The summed E-state index contributed by atoms with van der Waals surface area (Å²) < 4.78 is 12.6. The Bertz CT molecular complexity index is 290. The Morgan fingerprint density at radius 2 is 2.00 bits per heavy atom. The van der Waals surface area contributed by atoms with E-state index in [2.05, 4.69) is 18.3 Å². The molecule has 1 aromatic rings. The fraction of sp³-hybridized carbons (Fsp3) is 0.333. The van der Waals surface area contributed by atoms with Gasteiger partial charge in [0.25, 0.3) is 0 Å². The van der Waals surface area contributed by atoms with Crippen LogP contribution in [0.1, 0.15) is 25.5 Å². The first-order valence-electron chi connectivity index (χ1n) is 4.84. The first kappa shape index (κ1) is 10.9. The highest BCUT2D eigenvalue weighted by molar-refractivity contribution is 5.19. The summed E-state index contributed by atoms with van der Waals surface area (Å²) in [5.74, 6) is -0.186. The standard InChI is InChI=1S/C12H16FN/c1-3-4-9-14-10(2)11-5-7-12(13)8-6-11/h3-8,10,14H,9H2,1-2H3/b4-3+/t10-/m0/s1. The molecule has 0 saturated carbocycles. The maximum Gasteiger partial charge on any atom is 0.123 e. The average Bonchev–Trinajstić information content (AvgIpc) is 2.19. The Morgan fingerprint density at radius 1 is 1.36 bits per heavy atom. The summed E-state index contributed by atoms with van der Waals surface area (Å²) in [6, 6.07) is 6.85. The molecule has 1 nitrogen and oxygen atoms in total. The molecule has 0 spiro atoms. The summed E-state index contributed by atoms with van der Waals surface area (Å²) in [5, 5.41) is 3.31. The Morgan fingerprint density at radius 3 is 2.57 bits per heavy atom. The van der Waals surface area contributed by atoms with E-state index in [9.17, 15) is 4.39 Å². The van der Waals surface area contributed by atoms with E-state index in [1.165, 1.54) is 12.1 Å². The second-order valence-corrected chi connectivity index (χ2v) is 3.25. The molecule has 14 heavy (non-hydrogen) atoms. The molecule has 0 amide bonds. The highest BCUT2D eigenvalue weighted by Crippen LogP contribution is 2.12. The zero-order valence-electron chi connectivity index (χ0n) is 8.63. The number of benzene rings is 1. The number of rotatable bonds is 4. The highest BCUT2D eigenvalue weighted by Gasteiger charge is 2.02. The Hall–Kier alpha value is -1.15. The molecule has 0 aliphatic rings. The summed E-state index contributed by atoms with van der Waals surface area (Å²) in [4.78, 5) is 0. The molecule has 2 heteroatoms. The lowest BCUT2D eigenvalue weighted by Crippen LogP contribution is -2.18. The van der Waals surface area contributed by atoms with E-state index in [0.29, 0.717) is 0 Å². The average molecular weight is 193 g/mol. The van der Waals surface area contributed by atoms with E-state index in [0.717, 1.165) is 12.1 Å². The van der Waals surface area contributed by atoms with Gasteiger partial charge in [-0.3, -0.25) is 0 Å². The molecule has 0 aromatic heterocycles. The molecule has 0 fully saturated rings. The molecule has 0 radical (unpaired) electrons. The molecule has 1 N–H and O–H groups in total. The molecule has 76 valence electrons. The van der Waals surface area contributed by atoms with Crippen LogP contribution in [-0.4, -0.2) is 6.54 Å². The molecule has 0 heterocycles. The Balaban J connectivity index is 2.51. The van der Waals surface area contributed by atoms with Gasteiger partial charge in [-0.1, -0.05) is 24.3 Å². The van der Waals surface area contributed by atoms with Crippen molar-refractivity contribution < 1.29 is 4.39 Å². The fourth-order valence-electron chi connectivity index (χ4n) is 1.23. The van der Waals surface area contributed by atoms with E-state index >= 15 is 0 Å². The fourth-order valence-corrected chi connectivity index (χ4v) is 1.23. The van der Waals surface area contributed by atoms with Crippen LogP contribution in [0.4, 0.5) is 4.39 Å². The van der Waals surface area contributed by atoms with Gasteiger partial charge in [0.1, 0.15) is 5.82 Å². The van der Waals surface area contributed by atoms with Crippen LogP contribution in [0.5, 0.6) is 0 Å². The predicted octanol–water partition coefficient (Wildman–Crippen LogP) is 3.05. The minimum absolute atomic E-state index is 0.186. The third-order valence-electron chi connectivity index (χ3n) is 2.15. The van der Waals surface area contributed by atoms with Gasteiger partial charge in [-0.15, -0.1) is 0 Å². The monoisotopic (exact) mass is 193 g/mol. The third-order valence-corrected chi connectivity index (χ3v) is 2.15. The van der Waals surface area contributed by atoms with Crippen LogP contribution in [0.2, 0.25) is 0 Å². The van der Waals surface area contributed by atoms with Gasteiger partial charge in [0.2, 0.25) is 0 Å². The minimum Gasteiger partial charge on any atom is -0.307 e. The van der Waals surface area contributed by atoms with Gasteiger partial charge >= 0.3 is 0 Å². The van der Waals surface area contributed by atoms with Gasteiger partial charge in [0, 0.05) is 12.6 Å². The number of hydrogen-bond acceptors (Lipinski definition) is 1. The quantitative estimate of drug-likeness (QED) is 0.725. The number of hydrogen-bond donors (Lipinski definition) is 1. The number of halogens is 1. The van der Waals surface area contributed by atoms with Crippen molar-refractivity contribution in [2.45, 2.75) is 19.9 Å². The largest absolute Gasteiger partial charge is 0.307 e. The van der Waals surface area contributed by atoms with Crippen molar-refractivity contribution in [2.75, 3.05) is 6.54 Å². The van der Waals surface area contributed by atoms with E-state index in [4.69, 9.17) is 0 Å². The van der Waals surface area contributed by atoms with E-state index in [1.807, 2.05) is 25.1 Å². The van der Waals surface area contributed by atoms with Crippen molar-refractivity contribution in [3.8, 4) is 0 Å². The summed E-state index contributed by atoms with van der Waals surface area (Å²) in [6.07, 6.45) is 4.06. The summed E-state index contributed by atoms with van der Waals surface area (Å²) >= 11 is 0. The zero-order chi connectivity index (χ0) is 10.4. The van der Waals surface area contributed by atoms with E-state index in [1.54, 1.807) is 0 Å². The van der Waals surface area contributed by atoms with Gasteiger partial charge in [-0.25, -0.2) is 4.39 Å². The van der Waals surface area contributed by atoms with Gasteiger partial charge in [-0.05, 0) is 31.5 Å². The minimum atomic E-state index is -0.186. The first-order valence-corrected chi connectivity index (χ1v) is 4.84. The van der Waals surface area contributed by atoms with Crippen molar-refractivity contribution in [3.05, 3.63) is 47.8 Å². The zero-order valence-corrected chi connectivity index (χ0v) is 8.63. The lowest BCUT2D eigenvalue weighted by Gasteiger charge is -2.12. The van der Waals surface area contributed by atoms with Crippen LogP contribution < -0.4 is 5.32 Å². The molecular weight excluding hydrogens is 177 g/mol. The van der Waals surface area contributed by atoms with Crippen LogP contribution in [0.25, 0.3) is 0 Å². The Kier molecular flexibility index (Phi) is 4.33. The van der Waals surface area contributed by atoms with Crippen molar-refractivity contribution in [1.82, 2.24) is 5.32 Å². The molecule has 0 unspecified atom stereocenters. The highest BCUT2D eigenvalue weighted by atomic mass is 19.1. The van der Waals surface area contributed by atoms with Gasteiger partial charge < -0.3 is 5.32 Å². The van der Waals surface area contributed by atoms with Gasteiger partial charge in [0.15, 0.2) is 0 Å². The molecule has 1 atom stereocenters. The van der Waals surface area contributed by atoms with E-state index < -0.39 is 0 Å². The lowest BCUT2D eigenvalue weighted by atomic mass is 10.1. The van der Waals surface area contributed by atoms with Crippen molar-refractivity contribution in [3.63, 3.8) is 0 Å². The third kappa shape index (κ3) is 3.30. The molecule has 0 saturated heterocycles. The molecule has 1 aromatic carbocycles. The van der Waals surface area contributed by atoms with Gasteiger partial charge in [-0.2, -0.15) is 0 Å². The summed E-state index contributed by atoms with van der Waals surface area (Å²) in [6.45, 7) is 4.90. The van der Waals surface area contributed by atoms with Crippen LogP contribution in [0.15, 0.2) is 36.4 Å². The SMILES string of the molecule is C/C=C/CN[C@@H](C)c1ccc(F)cc1. The predicted molar refractivity (Wildman–Crippen MR) is 57.6 cm³/mol. The second-order valence-electron chi connectivity index (χ2n) is 3.25. The maximum absolute atomic E-state index is 12.6. The maximum atomic E-state index is 12.6. The Labute approximate surface area is 84.6 Å². The van der Waals surface area contributed by atoms with Gasteiger partial charge in [0.05, 0.1) is 0 Å². The molecule has 1 rings (SSSR count). The van der Waals surface area contributed by atoms with Crippen molar-refractivity contribution in [1.29, 1.82) is 0 Å². The smallest absolute Gasteiger partial charge is 0.123 e.